The summed E-state index contributed by atoms with van der Waals surface area (Å²) in [5.74, 6) is 0. The minimum atomic E-state index is 0.599. The van der Waals surface area contributed by atoms with Crippen LogP contribution in [-0.2, 0) is 11.3 Å². The average Bonchev–Trinajstić information content (AvgIpc) is 2.30. The maximum Gasteiger partial charge on any atom is 0.0541 e. The lowest BCUT2D eigenvalue weighted by Crippen LogP contribution is -2.34. The van der Waals surface area contributed by atoms with E-state index in [9.17, 15) is 0 Å². The third kappa shape index (κ3) is 3.29. The highest BCUT2D eigenvalue weighted by atomic mass is 16.5. The van der Waals surface area contributed by atoms with Gasteiger partial charge in [-0.2, -0.15) is 0 Å². The van der Waals surface area contributed by atoms with Crippen molar-refractivity contribution in [3.8, 4) is 0 Å². The van der Waals surface area contributed by atoms with E-state index in [-0.39, 0.29) is 0 Å². The van der Waals surface area contributed by atoms with Gasteiger partial charge in [-0.25, -0.2) is 0 Å². The second kappa shape index (κ2) is 5.24. The van der Waals surface area contributed by atoms with Crippen molar-refractivity contribution in [2.75, 3.05) is 13.2 Å². The van der Waals surface area contributed by atoms with Gasteiger partial charge in [-0.3, -0.25) is 4.98 Å². The molecular formula is C12H18N2O. The summed E-state index contributed by atoms with van der Waals surface area (Å²) in [6.45, 7) is 4.70. The highest BCUT2D eigenvalue weighted by Crippen LogP contribution is 2.07. The van der Waals surface area contributed by atoms with Crippen molar-refractivity contribution in [3.63, 3.8) is 0 Å². The van der Waals surface area contributed by atoms with Crippen molar-refractivity contribution in [2.24, 2.45) is 0 Å². The van der Waals surface area contributed by atoms with E-state index in [0.717, 1.165) is 38.3 Å². The Kier molecular flexibility index (Phi) is 3.69. The van der Waals surface area contributed by atoms with Gasteiger partial charge < -0.3 is 10.1 Å². The first-order valence-electron chi connectivity index (χ1n) is 5.57. The van der Waals surface area contributed by atoms with E-state index >= 15 is 0 Å². The van der Waals surface area contributed by atoms with Crippen LogP contribution in [0.15, 0.2) is 18.3 Å². The van der Waals surface area contributed by atoms with Crippen LogP contribution in [0.3, 0.4) is 0 Å². The third-order valence-electron chi connectivity index (χ3n) is 2.77. The second-order valence-electron chi connectivity index (χ2n) is 4.09. The molecule has 0 spiro atoms. The molecule has 0 aliphatic carbocycles. The van der Waals surface area contributed by atoms with E-state index in [1.165, 1.54) is 5.56 Å². The Morgan fingerprint density at radius 1 is 1.40 bits per heavy atom. The molecule has 0 unspecified atom stereocenters. The Morgan fingerprint density at radius 3 is 2.87 bits per heavy atom. The molecule has 0 radical (unpaired) electrons. The number of hydrogen-bond donors (Lipinski definition) is 1. The summed E-state index contributed by atoms with van der Waals surface area (Å²) in [4.78, 5) is 4.37. The molecule has 0 atom stereocenters. The van der Waals surface area contributed by atoms with Gasteiger partial charge in [0.2, 0.25) is 0 Å². The number of nitrogens with one attached hydrogen (secondary N) is 1. The summed E-state index contributed by atoms with van der Waals surface area (Å²) in [6, 6.07) is 4.79. The average molecular weight is 206 g/mol. The van der Waals surface area contributed by atoms with E-state index < -0.39 is 0 Å². The Bertz CT molecular complexity index is 291. The standard InChI is InChI=1S/C12H18N2O/c1-10-2-3-12(13-8-10)9-14-11-4-6-15-7-5-11/h2-3,8,11,14H,4-7,9H2,1H3. The molecule has 15 heavy (non-hydrogen) atoms. The molecule has 1 N–H and O–H groups in total. The van der Waals surface area contributed by atoms with Gasteiger partial charge in [-0.15, -0.1) is 0 Å². The fourth-order valence-corrected chi connectivity index (χ4v) is 1.75. The molecule has 1 aliphatic rings. The van der Waals surface area contributed by atoms with Crippen molar-refractivity contribution in [1.82, 2.24) is 10.3 Å². The first-order chi connectivity index (χ1) is 7.34. The molecule has 0 aromatic carbocycles. The Labute approximate surface area is 90.9 Å². The van der Waals surface area contributed by atoms with Crippen LogP contribution in [0.4, 0.5) is 0 Å². The lowest BCUT2D eigenvalue weighted by Gasteiger charge is -2.22. The van der Waals surface area contributed by atoms with Crippen molar-refractivity contribution in [1.29, 1.82) is 0 Å². The fourth-order valence-electron chi connectivity index (χ4n) is 1.75. The van der Waals surface area contributed by atoms with Crippen LogP contribution < -0.4 is 5.32 Å². The molecule has 0 bridgehead atoms. The zero-order valence-electron chi connectivity index (χ0n) is 9.20. The van der Waals surface area contributed by atoms with Crippen molar-refractivity contribution in [3.05, 3.63) is 29.6 Å². The predicted molar refractivity (Wildman–Crippen MR) is 59.7 cm³/mol. The molecule has 1 fully saturated rings. The Balaban J connectivity index is 1.79. The largest absolute Gasteiger partial charge is 0.381 e. The van der Waals surface area contributed by atoms with Crippen molar-refractivity contribution < 1.29 is 4.74 Å². The summed E-state index contributed by atoms with van der Waals surface area (Å²) >= 11 is 0. The van der Waals surface area contributed by atoms with Crippen LogP contribution in [0, 0.1) is 6.92 Å². The van der Waals surface area contributed by atoms with Gasteiger partial charge in [0, 0.05) is 32.0 Å². The van der Waals surface area contributed by atoms with Gasteiger partial charge in [-0.1, -0.05) is 6.07 Å². The third-order valence-corrected chi connectivity index (χ3v) is 2.77. The molecule has 1 aromatic heterocycles. The molecule has 3 heteroatoms. The van der Waals surface area contributed by atoms with E-state index in [1.807, 2.05) is 6.20 Å². The van der Waals surface area contributed by atoms with Crippen LogP contribution in [0.5, 0.6) is 0 Å². The number of aryl methyl sites for hydroxylation is 1. The van der Waals surface area contributed by atoms with Crippen molar-refractivity contribution in [2.45, 2.75) is 32.4 Å². The highest BCUT2D eigenvalue weighted by molar-refractivity contribution is 5.12. The molecule has 0 saturated carbocycles. The lowest BCUT2D eigenvalue weighted by molar-refractivity contribution is 0.0775. The summed E-state index contributed by atoms with van der Waals surface area (Å²) in [7, 11) is 0. The van der Waals surface area contributed by atoms with Crippen LogP contribution >= 0.6 is 0 Å². The first kappa shape index (κ1) is 10.6. The fraction of sp³-hybridized carbons (Fsp3) is 0.583. The molecule has 2 heterocycles. The Morgan fingerprint density at radius 2 is 2.20 bits per heavy atom. The normalized spacial score (nSPS) is 17.9. The van der Waals surface area contributed by atoms with Gasteiger partial charge >= 0.3 is 0 Å². The summed E-state index contributed by atoms with van der Waals surface area (Å²) < 4.78 is 5.31. The number of hydrogen-bond acceptors (Lipinski definition) is 3. The smallest absolute Gasteiger partial charge is 0.0541 e. The number of aromatic nitrogens is 1. The van der Waals surface area contributed by atoms with Gasteiger partial charge in [0.1, 0.15) is 0 Å². The molecule has 1 aliphatic heterocycles. The Hall–Kier alpha value is -0.930. The van der Waals surface area contributed by atoms with Crippen LogP contribution in [-0.4, -0.2) is 24.2 Å². The van der Waals surface area contributed by atoms with E-state index in [1.54, 1.807) is 0 Å². The molecule has 2 rings (SSSR count). The highest BCUT2D eigenvalue weighted by Gasteiger charge is 2.12. The zero-order valence-corrected chi connectivity index (χ0v) is 9.20. The molecular weight excluding hydrogens is 188 g/mol. The number of rotatable bonds is 3. The topological polar surface area (TPSA) is 34.1 Å². The number of ether oxygens (including phenoxy) is 1. The SMILES string of the molecule is Cc1ccc(CNC2CCOCC2)nc1. The van der Waals surface area contributed by atoms with Crippen LogP contribution in [0.25, 0.3) is 0 Å². The van der Waals surface area contributed by atoms with E-state index in [2.05, 4.69) is 29.4 Å². The van der Waals surface area contributed by atoms with Crippen LogP contribution in [0.1, 0.15) is 24.1 Å². The van der Waals surface area contributed by atoms with Crippen LogP contribution in [0.2, 0.25) is 0 Å². The minimum absolute atomic E-state index is 0.599. The molecule has 82 valence electrons. The molecule has 3 nitrogen and oxygen atoms in total. The summed E-state index contributed by atoms with van der Waals surface area (Å²) in [6.07, 6.45) is 4.15. The van der Waals surface area contributed by atoms with Gasteiger partial charge in [0.25, 0.3) is 0 Å². The predicted octanol–water partition coefficient (Wildman–Crippen LogP) is 1.66. The van der Waals surface area contributed by atoms with E-state index in [0.29, 0.717) is 6.04 Å². The maximum atomic E-state index is 5.31. The number of nitrogens with zero attached hydrogens (tertiary/aromatic N) is 1. The summed E-state index contributed by atoms with van der Waals surface area (Å²) in [5, 5.41) is 3.51. The molecule has 1 aromatic rings. The summed E-state index contributed by atoms with van der Waals surface area (Å²) in [5.41, 5.74) is 2.33. The second-order valence-corrected chi connectivity index (χ2v) is 4.09. The first-order valence-corrected chi connectivity index (χ1v) is 5.57. The zero-order chi connectivity index (χ0) is 10.5. The maximum absolute atomic E-state index is 5.31. The quantitative estimate of drug-likeness (QED) is 0.816. The monoisotopic (exact) mass is 206 g/mol. The lowest BCUT2D eigenvalue weighted by atomic mass is 10.1. The molecule has 0 amide bonds. The van der Waals surface area contributed by atoms with Crippen molar-refractivity contribution >= 4 is 0 Å². The molecule has 1 saturated heterocycles. The minimum Gasteiger partial charge on any atom is -0.381 e. The van der Waals surface area contributed by atoms with Gasteiger partial charge in [-0.05, 0) is 31.4 Å². The van der Waals surface area contributed by atoms with Gasteiger partial charge in [0.05, 0.1) is 5.69 Å². The van der Waals surface area contributed by atoms with Gasteiger partial charge in [0.15, 0.2) is 0 Å². The van der Waals surface area contributed by atoms with E-state index in [4.69, 9.17) is 4.74 Å². The number of pyridine rings is 1.